The Morgan fingerprint density at radius 3 is 2.63 bits per heavy atom. The van der Waals surface area contributed by atoms with Crippen molar-refractivity contribution >= 4 is 16.1 Å². The standard InChI is InChI=1S/C19H28N2O5S/c1-2-27(24,25)21-11-7-16-13-18(4-3-17(16)14-21)26-12-8-15-5-9-20(10-6-15)19(22)23/h3-4,13,15H,2,5-12,14H2,1H3,(H,22,23). The Kier molecular flexibility index (Phi) is 6.26. The summed E-state index contributed by atoms with van der Waals surface area (Å²) in [6.45, 7) is 4.47. The van der Waals surface area contributed by atoms with Crippen LogP contribution < -0.4 is 4.74 Å². The van der Waals surface area contributed by atoms with Gasteiger partial charge in [-0.1, -0.05) is 6.07 Å². The second-order valence-electron chi connectivity index (χ2n) is 7.26. The monoisotopic (exact) mass is 396 g/mol. The van der Waals surface area contributed by atoms with Gasteiger partial charge in [-0.2, -0.15) is 4.31 Å². The molecule has 1 fully saturated rings. The lowest BCUT2D eigenvalue weighted by atomic mass is 9.94. The van der Waals surface area contributed by atoms with Crippen molar-refractivity contribution < 1.29 is 23.1 Å². The van der Waals surface area contributed by atoms with Gasteiger partial charge in [0.2, 0.25) is 10.0 Å². The summed E-state index contributed by atoms with van der Waals surface area (Å²) < 4.78 is 31.5. The lowest BCUT2D eigenvalue weighted by molar-refractivity contribution is 0.119. The highest BCUT2D eigenvalue weighted by Crippen LogP contribution is 2.26. The first-order valence-corrected chi connectivity index (χ1v) is 11.2. The zero-order valence-electron chi connectivity index (χ0n) is 15.8. The molecule has 2 aliphatic heterocycles. The topological polar surface area (TPSA) is 87.2 Å². The molecule has 0 unspecified atom stereocenters. The van der Waals surface area contributed by atoms with Gasteiger partial charge in [-0.3, -0.25) is 0 Å². The lowest BCUT2D eigenvalue weighted by Gasteiger charge is -2.30. The average molecular weight is 397 g/mol. The highest BCUT2D eigenvalue weighted by atomic mass is 32.2. The van der Waals surface area contributed by atoms with Crippen molar-refractivity contribution in [2.45, 2.75) is 39.2 Å². The number of rotatable bonds is 6. The van der Waals surface area contributed by atoms with Gasteiger partial charge in [0.05, 0.1) is 12.4 Å². The molecule has 7 nitrogen and oxygen atoms in total. The van der Waals surface area contributed by atoms with Crippen molar-refractivity contribution in [2.24, 2.45) is 5.92 Å². The van der Waals surface area contributed by atoms with Crippen LogP contribution in [0, 0.1) is 5.92 Å². The summed E-state index contributed by atoms with van der Waals surface area (Å²) in [4.78, 5) is 12.4. The molecule has 0 radical (unpaired) electrons. The number of sulfonamides is 1. The van der Waals surface area contributed by atoms with E-state index in [4.69, 9.17) is 9.84 Å². The molecule has 0 spiro atoms. The first-order valence-electron chi connectivity index (χ1n) is 9.59. The van der Waals surface area contributed by atoms with Gasteiger partial charge < -0.3 is 14.7 Å². The zero-order chi connectivity index (χ0) is 19.4. The van der Waals surface area contributed by atoms with E-state index < -0.39 is 16.1 Å². The molecule has 1 N–H and O–H groups in total. The van der Waals surface area contributed by atoms with Crippen LogP contribution >= 0.6 is 0 Å². The van der Waals surface area contributed by atoms with Gasteiger partial charge in [-0.05, 0) is 61.8 Å². The minimum Gasteiger partial charge on any atom is -0.494 e. The Hall–Kier alpha value is -1.80. The third-order valence-corrected chi connectivity index (χ3v) is 7.42. The van der Waals surface area contributed by atoms with E-state index >= 15 is 0 Å². The fourth-order valence-electron chi connectivity index (χ4n) is 3.77. The van der Waals surface area contributed by atoms with E-state index in [1.165, 1.54) is 4.90 Å². The van der Waals surface area contributed by atoms with Crippen LogP contribution in [0.5, 0.6) is 5.75 Å². The van der Waals surface area contributed by atoms with Gasteiger partial charge in [0, 0.05) is 26.2 Å². The van der Waals surface area contributed by atoms with Gasteiger partial charge in [0.25, 0.3) is 0 Å². The third kappa shape index (κ3) is 4.93. The van der Waals surface area contributed by atoms with E-state index in [2.05, 4.69) is 0 Å². The predicted molar refractivity (Wildman–Crippen MR) is 102 cm³/mol. The SMILES string of the molecule is CCS(=O)(=O)N1CCc2cc(OCCC3CCN(C(=O)O)CC3)ccc2C1. The summed E-state index contributed by atoms with van der Waals surface area (Å²) in [5, 5.41) is 8.99. The molecule has 150 valence electrons. The van der Waals surface area contributed by atoms with Gasteiger partial charge in [0.15, 0.2) is 0 Å². The van der Waals surface area contributed by atoms with Crippen molar-refractivity contribution in [3.05, 3.63) is 29.3 Å². The highest BCUT2D eigenvalue weighted by molar-refractivity contribution is 7.89. The van der Waals surface area contributed by atoms with Crippen LogP contribution in [0.4, 0.5) is 4.79 Å². The highest BCUT2D eigenvalue weighted by Gasteiger charge is 2.25. The van der Waals surface area contributed by atoms with Crippen molar-refractivity contribution in [1.82, 2.24) is 9.21 Å². The Labute approximate surface area is 161 Å². The number of ether oxygens (including phenoxy) is 1. The summed E-state index contributed by atoms with van der Waals surface area (Å²) in [7, 11) is -3.15. The molecule has 0 aromatic heterocycles. The molecule has 0 saturated carbocycles. The van der Waals surface area contributed by atoms with Crippen LogP contribution in [-0.4, -0.2) is 60.8 Å². The van der Waals surface area contributed by atoms with Gasteiger partial charge in [-0.25, -0.2) is 13.2 Å². The maximum Gasteiger partial charge on any atom is 0.407 e. The fraction of sp³-hybridized carbons (Fsp3) is 0.632. The molecule has 1 saturated heterocycles. The first kappa shape index (κ1) is 19.9. The molecule has 0 atom stereocenters. The fourth-order valence-corrected chi connectivity index (χ4v) is 4.84. The largest absolute Gasteiger partial charge is 0.494 e. The summed E-state index contributed by atoms with van der Waals surface area (Å²) >= 11 is 0. The number of piperidine rings is 1. The van der Waals surface area contributed by atoms with Crippen LogP contribution in [0.2, 0.25) is 0 Å². The quantitative estimate of drug-likeness (QED) is 0.798. The van der Waals surface area contributed by atoms with E-state index in [0.717, 1.165) is 36.1 Å². The molecule has 0 bridgehead atoms. The van der Waals surface area contributed by atoms with Crippen LogP contribution in [0.3, 0.4) is 0 Å². The smallest absolute Gasteiger partial charge is 0.407 e. The molecule has 2 heterocycles. The van der Waals surface area contributed by atoms with Crippen LogP contribution in [0.25, 0.3) is 0 Å². The molecule has 2 aliphatic rings. The molecule has 3 rings (SSSR count). The van der Waals surface area contributed by atoms with Crippen LogP contribution in [0.15, 0.2) is 18.2 Å². The number of benzene rings is 1. The number of likely N-dealkylation sites (tertiary alicyclic amines) is 1. The number of nitrogens with zero attached hydrogens (tertiary/aromatic N) is 2. The second-order valence-corrected chi connectivity index (χ2v) is 9.52. The summed E-state index contributed by atoms with van der Waals surface area (Å²) in [5.41, 5.74) is 2.21. The Morgan fingerprint density at radius 2 is 1.96 bits per heavy atom. The van der Waals surface area contributed by atoms with Crippen LogP contribution in [0.1, 0.15) is 37.3 Å². The van der Waals surface area contributed by atoms with Gasteiger partial charge in [-0.15, -0.1) is 0 Å². The molecule has 0 aliphatic carbocycles. The molecule has 27 heavy (non-hydrogen) atoms. The first-order chi connectivity index (χ1) is 12.9. The molecule has 8 heteroatoms. The number of carbonyl (C=O) groups is 1. The number of fused-ring (bicyclic) bond motifs is 1. The normalized spacial score (nSPS) is 18.9. The molecule has 1 amide bonds. The predicted octanol–water partition coefficient (Wildman–Crippen LogP) is 2.55. The zero-order valence-corrected chi connectivity index (χ0v) is 16.6. The van der Waals surface area contributed by atoms with E-state index in [1.54, 1.807) is 11.2 Å². The van der Waals surface area contributed by atoms with E-state index in [1.807, 2.05) is 18.2 Å². The minimum atomic E-state index is -3.15. The molecular formula is C19H28N2O5S. The van der Waals surface area contributed by atoms with Crippen molar-refractivity contribution in [3.8, 4) is 5.75 Å². The van der Waals surface area contributed by atoms with Gasteiger partial charge >= 0.3 is 6.09 Å². The van der Waals surface area contributed by atoms with Crippen molar-refractivity contribution in [3.63, 3.8) is 0 Å². The molecule has 1 aromatic rings. The summed E-state index contributed by atoms with van der Waals surface area (Å²) in [6.07, 6.45) is 2.58. The lowest BCUT2D eigenvalue weighted by Crippen LogP contribution is -2.37. The third-order valence-electron chi connectivity index (χ3n) is 5.59. The second kappa shape index (κ2) is 8.48. The van der Waals surface area contributed by atoms with Gasteiger partial charge in [0.1, 0.15) is 5.75 Å². The average Bonchev–Trinajstić information content (AvgIpc) is 2.68. The molecular weight excluding hydrogens is 368 g/mol. The minimum absolute atomic E-state index is 0.134. The summed E-state index contributed by atoms with van der Waals surface area (Å²) in [5.74, 6) is 1.46. The van der Waals surface area contributed by atoms with Crippen molar-refractivity contribution in [2.75, 3.05) is 32.0 Å². The number of carboxylic acid groups (broad SMARTS) is 1. The van der Waals surface area contributed by atoms with E-state index in [0.29, 0.717) is 45.1 Å². The molecule has 1 aromatic carbocycles. The Bertz CT molecular complexity index is 772. The number of hydrogen-bond acceptors (Lipinski definition) is 4. The van der Waals surface area contributed by atoms with E-state index in [9.17, 15) is 13.2 Å². The number of amides is 1. The number of hydrogen-bond donors (Lipinski definition) is 1. The Balaban J connectivity index is 1.48. The maximum atomic E-state index is 12.0. The summed E-state index contributed by atoms with van der Waals surface area (Å²) in [6, 6.07) is 5.90. The van der Waals surface area contributed by atoms with Crippen LogP contribution in [-0.2, 0) is 23.0 Å². The van der Waals surface area contributed by atoms with E-state index in [-0.39, 0.29) is 5.75 Å². The van der Waals surface area contributed by atoms with Crippen molar-refractivity contribution in [1.29, 1.82) is 0 Å². The Morgan fingerprint density at radius 1 is 1.22 bits per heavy atom. The maximum absolute atomic E-state index is 12.0.